The van der Waals surface area contributed by atoms with E-state index in [1.165, 1.54) is 12.8 Å². The van der Waals surface area contributed by atoms with Crippen LogP contribution in [0.1, 0.15) is 33.1 Å². The molecule has 2 aliphatic rings. The minimum Gasteiger partial charge on any atom is -0.386 e. The van der Waals surface area contributed by atoms with E-state index >= 15 is 0 Å². The summed E-state index contributed by atoms with van der Waals surface area (Å²) in [7, 11) is 0. The third-order valence-electron chi connectivity index (χ3n) is 4.20. The average Bonchev–Trinajstić information content (AvgIpc) is 2.73. The minimum absolute atomic E-state index is 0.197. The van der Waals surface area contributed by atoms with Crippen molar-refractivity contribution < 1.29 is 9.90 Å². The Morgan fingerprint density at radius 1 is 1.29 bits per heavy atom. The normalized spacial score (nSPS) is 24.1. The molecule has 0 saturated carbocycles. The van der Waals surface area contributed by atoms with Crippen molar-refractivity contribution in [3.63, 3.8) is 0 Å². The number of hydrogen-bond acceptors (Lipinski definition) is 3. The summed E-state index contributed by atoms with van der Waals surface area (Å²) in [6.45, 7) is 8.22. The maximum absolute atomic E-state index is 11.9. The summed E-state index contributed by atoms with van der Waals surface area (Å²) in [5.74, 6) is 0.423. The van der Waals surface area contributed by atoms with E-state index in [0.29, 0.717) is 19.5 Å². The summed E-state index contributed by atoms with van der Waals surface area (Å²) < 4.78 is 0. The van der Waals surface area contributed by atoms with Gasteiger partial charge in [-0.3, -0.25) is 4.79 Å². The molecule has 1 N–H and O–H groups in total. The highest BCUT2D eigenvalue weighted by Gasteiger charge is 2.45. The van der Waals surface area contributed by atoms with Crippen molar-refractivity contribution in [1.29, 1.82) is 0 Å². The Bertz CT molecular complexity index is 279. The highest BCUT2D eigenvalue weighted by Crippen LogP contribution is 2.28. The number of aliphatic hydroxyl groups is 1. The molecule has 0 aromatic heterocycles. The lowest BCUT2D eigenvalue weighted by atomic mass is 9.83. The van der Waals surface area contributed by atoms with Gasteiger partial charge in [-0.25, -0.2) is 0 Å². The molecule has 0 radical (unpaired) electrons. The molecule has 0 aromatic carbocycles. The van der Waals surface area contributed by atoms with Crippen LogP contribution >= 0.6 is 0 Å². The highest BCUT2D eigenvalue weighted by molar-refractivity contribution is 5.77. The van der Waals surface area contributed by atoms with Crippen LogP contribution in [0.15, 0.2) is 0 Å². The van der Waals surface area contributed by atoms with Gasteiger partial charge in [0.25, 0.3) is 0 Å². The van der Waals surface area contributed by atoms with E-state index in [-0.39, 0.29) is 11.8 Å². The molecule has 17 heavy (non-hydrogen) atoms. The van der Waals surface area contributed by atoms with Gasteiger partial charge < -0.3 is 14.9 Å². The lowest BCUT2D eigenvalue weighted by molar-refractivity contribution is -0.164. The van der Waals surface area contributed by atoms with E-state index in [1.54, 1.807) is 4.90 Å². The molecule has 2 saturated heterocycles. The summed E-state index contributed by atoms with van der Waals surface area (Å²) in [4.78, 5) is 16.0. The van der Waals surface area contributed by atoms with Crippen molar-refractivity contribution in [2.45, 2.75) is 38.7 Å². The third-order valence-corrected chi connectivity index (χ3v) is 4.20. The Kier molecular flexibility index (Phi) is 3.73. The van der Waals surface area contributed by atoms with E-state index in [1.807, 2.05) is 13.8 Å². The largest absolute Gasteiger partial charge is 0.386 e. The summed E-state index contributed by atoms with van der Waals surface area (Å²) >= 11 is 0. The van der Waals surface area contributed by atoms with Gasteiger partial charge in [-0.1, -0.05) is 13.8 Å². The number of amides is 1. The van der Waals surface area contributed by atoms with Crippen molar-refractivity contribution in [1.82, 2.24) is 9.80 Å². The zero-order chi connectivity index (χ0) is 12.5. The molecule has 4 nitrogen and oxygen atoms in total. The number of nitrogens with zero attached hydrogens (tertiary/aromatic N) is 2. The number of likely N-dealkylation sites (tertiary alicyclic amines) is 2. The maximum Gasteiger partial charge on any atom is 0.224 e. The van der Waals surface area contributed by atoms with Gasteiger partial charge in [0.15, 0.2) is 0 Å². The molecule has 2 aliphatic heterocycles. The Morgan fingerprint density at radius 2 is 1.88 bits per heavy atom. The Morgan fingerprint density at radius 3 is 2.41 bits per heavy atom. The Balaban J connectivity index is 1.68. The Hall–Kier alpha value is -0.610. The highest BCUT2D eigenvalue weighted by atomic mass is 16.3. The van der Waals surface area contributed by atoms with Gasteiger partial charge in [0.1, 0.15) is 5.60 Å². The van der Waals surface area contributed by atoms with Gasteiger partial charge in [0, 0.05) is 13.0 Å². The molecule has 0 aromatic rings. The monoisotopic (exact) mass is 240 g/mol. The van der Waals surface area contributed by atoms with Crippen molar-refractivity contribution in [2.75, 3.05) is 32.7 Å². The van der Waals surface area contributed by atoms with Gasteiger partial charge in [0.2, 0.25) is 5.91 Å². The van der Waals surface area contributed by atoms with Crippen LogP contribution in [0.25, 0.3) is 0 Å². The van der Waals surface area contributed by atoms with Gasteiger partial charge >= 0.3 is 0 Å². The average molecular weight is 240 g/mol. The maximum atomic E-state index is 11.9. The fraction of sp³-hybridized carbons (Fsp3) is 0.923. The summed E-state index contributed by atoms with van der Waals surface area (Å²) in [5, 5.41) is 10.1. The predicted octanol–water partition coefficient (Wildman–Crippen LogP) is 0.702. The third kappa shape index (κ3) is 2.80. The molecule has 98 valence electrons. The molecule has 0 bridgehead atoms. The number of β-amino-alcohol motifs (C(OH)–C–C–N with tert-alkyl or cyclic N) is 1. The van der Waals surface area contributed by atoms with Gasteiger partial charge in [-0.2, -0.15) is 0 Å². The SMILES string of the molecule is CC(C)C1(O)CN(C(=O)CCN2CCCC2)C1. The zero-order valence-corrected chi connectivity index (χ0v) is 11.0. The molecular weight excluding hydrogens is 216 g/mol. The van der Waals surface area contributed by atoms with Crippen molar-refractivity contribution in [3.05, 3.63) is 0 Å². The van der Waals surface area contributed by atoms with Crippen LogP contribution in [0.2, 0.25) is 0 Å². The lowest BCUT2D eigenvalue weighted by Gasteiger charge is -2.49. The molecule has 0 unspecified atom stereocenters. The minimum atomic E-state index is -0.636. The van der Waals surface area contributed by atoms with Crippen LogP contribution in [0, 0.1) is 5.92 Å². The van der Waals surface area contributed by atoms with Crippen molar-refractivity contribution >= 4 is 5.91 Å². The first-order chi connectivity index (χ1) is 8.01. The molecule has 1 amide bonds. The summed E-state index contributed by atoms with van der Waals surface area (Å²) in [5.41, 5.74) is -0.636. The molecule has 0 spiro atoms. The molecule has 2 heterocycles. The molecule has 0 atom stereocenters. The van der Waals surface area contributed by atoms with E-state index in [2.05, 4.69) is 4.90 Å². The van der Waals surface area contributed by atoms with E-state index < -0.39 is 5.60 Å². The van der Waals surface area contributed by atoms with Crippen LogP contribution in [-0.2, 0) is 4.79 Å². The van der Waals surface area contributed by atoms with Gasteiger partial charge in [-0.05, 0) is 31.8 Å². The van der Waals surface area contributed by atoms with Crippen LogP contribution in [0.5, 0.6) is 0 Å². The van der Waals surface area contributed by atoms with Crippen LogP contribution in [-0.4, -0.2) is 59.1 Å². The van der Waals surface area contributed by atoms with E-state index in [0.717, 1.165) is 19.6 Å². The first-order valence-corrected chi connectivity index (χ1v) is 6.74. The second kappa shape index (κ2) is 4.94. The first kappa shape index (κ1) is 12.8. The zero-order valence-electron chi connectivity index (χ0n) is 11.0. The summed E-state index contributed by atoms with van der Waals surface area (Å²) in [6, 6.07) is 0. The fourth-order valence-corrected chi connectivity index (χ4v) is 2.57. The molecule has 4 heteroatoms. The van der Waals surface area contributed by atoms with Gasteiger partial charge in [0.05, 0.1) is 13.1 Å². The van der Waals surface area contributed by atoms with Crippen LogP contribution in [0.3, 0.4) is 0 Å². The smallest absolute Gasteiger partial charge is 0.224 e. The Labute approximate surface area is 104 Å². The lowest BCUT2D eigenvalue weighted by Crippen LogP contribution is -2.66. The van der Waals surface area contributed by atoms with E-state index in [9.17, 15) is 9.90 Å². The van der Waals surface area contributed by atoms with Crippen LogP contribution < -0.4 is 0 Å². The number of carbonyl (C=O) groups is 1. The topological polar surface area (TPSA) is 43.8 Å². The standard InChI is InChI=1S/C13H24N2O2/c1-11(2)13(17)9-15(10-13)12(16)5-8-14-6-3-4-7-14/h11,17H,3-10H2,1-2H3. The van der Waals surface area contributed by atoms with Crippen LogP contribution in [0.4, 0.5) is 0 Å². The number of rotatable bonds is 4. The quantitative estimate of drug-likeness (QED) is 0.787. The summed E-state index contributed by atoms with van der Waals surface area (Å²) in [6.07, 6.45) is 3.14. The molecule has 0 aliphatic carbocycles. The second-order valence-corrected chi connectivity index (χ2v) is 5.81. The van der Waals surface area contributed by atoms with Gasteiger partial charge in [-0.15, -0.1) is 0 Å². The van der Waals surface area contributed by atoms with Crippen molar-refractivity contribution in [2.24, 2.45) is 5.92 Å². The predicted molar refractivity (Wildman–Crippen MR) is 66.7 cm³/mol. The van der Waals surface area contributed by atoms with Crippen molar-refractivity contribution in [3.8, 4) is 0 Å². The second-order valence-electron chi connectivity index (χ2n) is 5.81. The first-order valence-electron chi connectivity index (χ1n) is 6.74. The molecular formula is C13H24N2O2. The number of carbonyl (C=O) groups excluding carboxylic acids is 1. The number of hydrogen-bond donors (Lipinski definition) is 1. The molecule has 2 rings (SSSR count). The van der Waals surface area contributed by atoms with E-state index in [4.69, 9.17) is 0 Å². The molecule has 2 fully saturated rings. The fourth-order valence-electron chi connectivity index (χ4n) is 2.57.